The predicted molar refractivity (Wildman–Crippen MR) is 119 cm³/mol. The number of benzene rings is 2. The van der Waals surface area contributed by atoms with Crippen molar-refractivity contribution < 1.29 is 9.18 Å². The van der Waals surface area contributed by atoms with Crippen LogP contribution in [0.15, 0.2) is 53.4 Å². The summed E-state index contributed by atoms with van der Waals surface area (Å²) in [6, 6.07) is 12.0. The maximum atomic E-state index is 14.1. The minimum Gasteiger partial charge on any atom is -0.353 e. The SMILES string of the molecule is Cn1cncc1CN1c2ccc(C#N)cc2CCC1C(=O)NCc1cc(Br)ccc1F. The summed E-state index contributed by atoms with van der Waals surface area (Å²) in [6.07, 6.45) is 4.80. The van der Waals surface area contributed by atoms with Gasteiger partial charge in [0.1, 0.15) is 11.9 Å². The lowest BCUT2D eigenvalue weighted by atomic mass is 9.93. The highest BCUT2D eigenvalue weighted by Crippen LogP contribution is 2.33. The minimum atomic E-state index is -0.412. The third kappa shape index (κ3) is 4.47. The second-order valence-corrected chi connectivity index (χ2v) is 8.50. The smallest absolute Gasteiger partial charge is 0.242 e. The summed E-state index contributed by atoms with van der Waals surface area (Å²) in [5.41, 5.74) is 3.97. The van der Waals surface area contributed by atoms with E-state index < -0.39 is 6.04 Å². The third-order valence-corrected chi connectivity index (χ3v) is 6.09. The van der Waals surface area contributed by atoms with Gasteiger partial charge in [-0.2, -0.15) is 5.26 Å². The second-order valence-electron chi connectivity index (χ2n) is 7.59. The first-order valence-corrected chi connectivity index (χ1v) is 10.7. The monoisotopic (exact) mass is 481 g/mol. The van der Waals surface area contributed by atoms with E-state index in [4.69, 9.17) is 0 Å². The van der Waals surface area contributed by atoms with Crippen molar-refractivity contribution >= 4 is 27.5 Å². The molecule has 1 aromatic heterocycles. The summed E-state index contributed by atoms with van der Waals surface area (Å²) in [5.74, 6) is -0.509. The van der Waals surface area contributed by atoms with Gasteiger partial charge in [-0.25, -0.2) is 9.37 Å². The van der Waals surface area contributed by atoms with Crippen molar-refractivity contribution in [3.63, 3.8) is 0 Å². The van der Waals surface area contributed by atoms with Gasteiger partial charge in [-0.3, -0.25) is 4.79 Å². The summed E-state index contributed by atoms with van der Waals surface area (Å²) in [7, 11) is 1.91. The van der Waals surface area contributed by atoms with Crippen LogP contribution in [-0.4, -0.2) is 21.5 Å². The van der Waals surface area contributed by atoms with Gasteiger partial charge < -0.3 is 14.8 Å². The van der Waals surface area contributed by atoms with Gasteiger partial charge in [-0.05, 0) is 54.8 Å². The van der Waals surface area contributed by atoms with Crippen molar-refractivity contribution in [1.82, 2.24) is 14.9 Å². The maximum absolute atomic E-state index is 14.1. The molecule has 1 atom stereocenters. The minimum absolute atomic E-state index is 0.111. The predicted octanol–water partition coefficient (Wildman–Crippen LogP) is 3.83. The normalized spacial score (nSPS) is 15.3. The number of aryl methyl sites for hydroxylation is 2. The largest absolute Gasteiger partial charge is 0.353 e. The van der Waals surface area contributed by atoms with Crippen LogP contribution in [0.2, 0.25) is 0 Å². The molecule has 0 fully saturated rings. The molecular formula is C23H21BrFN5O. The molecule has 0 bridgehead atoms. The van der Waals surface area contributed by atoms with Gasteiger partial charge >= 0.3 is 0 Å². The van der Waals surface area contributed by atoms with E-state index in [0.29, 0.717) is 30.5 Å². The quantitative estimate of drug-likeness (QED) is 0.600. The van der Waals surface area contributed by atoms with Crippen LogP contribution in [0.1, 0.15) is 28.8 Å². The van der Waals surface area contributed by atoms with Crippen LogP contribution in [0.25, 0.3) is 0 Å². The fourth-order valence-electron chi connectivity index (χ4n) is 3.91. The van der Waals surface area contributed by atoms with E-state index in [1.807, 2.05) is 28.6 Å². The van der Waals surface area contributed by atoms with Gasteiger partial charge in [-0.1, -0.05) is 15.9 Å². The van der Waals surface area contributed by atoms with Crippen LogP contribution in [0.3, 0.4) is 0 Å². The highest BCUT2D eigenvalue weighted by molar-refractivity contribution is 9.10. The van der Waals surface area contributed by atoms with E-state index in [1.54, 1.807) is 30.7 Å². The number of anilines is 1. The van der Waals surface area contributed by atoms with Gasteiger partial charge in [0.2, 0.25) is 5.91 Å². The first-order valence-electron chi connectivity index (χ1n) is 9.93. The summed E-state index contributed by atoms with van der Waals surface area (Å²) in [5, 5.41) is 12.1. The number of nitrogens with one attached hydrogen (secondary N) is 1. The Morgan fingerprint density at radius 3 is 2.94 bits per heavy atom. The Morgan fingerprint density at radius 1 is 1.35 bits per heavy atom. The molecule has 158 valence electrons. The van der Waals surface area contributed by atoms with Crippen LogP contribution in [0.4, 0.5) is 10.1 Å². The molecule has 1 unspecified atom stereocenters. The molecule has 0 radical (unpaired) electrons. The summed E-state index contributed by atoms with van der Waals surface area (Å²) in [6.45, 7) is 0.610. The van der Waals surface area contributed by atoms with Crippen molar-refractivity contribution in [1.29, 1.82) is 5.26 Å². The lowest BCUT2D eigenvalue weighted by Gasteiger charge is -2.38. The lowest BCUT2D eigenvalue weighted by Crippen LogP contribution is -2.49. The molecule has 1 aliphatic rings. The van der Waals surface area contributed by atoms with E-state index in [-0.39, 0.29) is 18.3 Å². The third-order valence-electron chi connectivity index (χ3n) is 5.59. The van der Waals surface area contributed by atoms with Crippen LogP contribution < -0.4 is 10.2 Å². The van der Waals surface area contributed by atoms with Gasteiger partial charge in [0.15, 0.2) is 0 Å². The standard InChI is InChI=1S/C23H21BrFN5O/c1-29-14-27-12-19(29)13-30-21-6-2-15(10-26)8-16(21)3-7-22(30)23(31)28-11-17-9-18(24)4-5-20(17)25/h2,4-6,8-9,12,14,22H,3,7,11,13H2,1H3,(H,28,31). The number of aromatic nitrogens is 2. The molecular weight excluding hydrogens is 461 g/mol. The van der Waals surface area contributed by atoms with Gasteiger partial charge in [0, 0.05) is 35.5 Å². The number of amides is 1. The van der Waals surface area contributed by atoms with Crippen LogP contribution >= 0.6 is 15.9 Å². The van der Waals surface area contributed by atoms with Crippen molar-refractivity contribution in [2.45, 2.75) is 32.0 Å². The van der Waals surface area contributed by atoms with Crippen molar-refractivity contribution in [2.24, 2.45) is 7.05 Å². The lowest BCUT2D eigenvalue weighted by molar-refractivity contribution is -0.122. The average molecular weight is 482 g/mol. The van der Waals surface area contributed by atoms with Crippen LogP contribution in [0.5, 0.6) is 0 Å². The topological polar surface area (TPSA) is 74.0 Å². The molecule has 4 rings (SSSR count). The number of halogens is 2. The Balaban J connectivity index is 1.60. The highest BCUT2D eigenvalue weighted by atomic mass is 79.9. The fourth-order valence-corrected chi connectivity index (χ4v) is 4.32. The van der Waals surface area contributed by atoms with Crippen molar-refractivity contribution in [2.75, 3.05) is 4.90 Å². The molecule has 0 saturated heterocycles. The first-order chi connectivity index (χ1) is 15.0. The number of nitrogens with zero attached hydrogens (tertiary/aromatic N) is 4. The molecule has 0 aliphatic carbocycles. The molecule has 0 saturated carbocycles. The number of hydrogen-bond donors (Lipinski definition) is 1. The molecule has 8 heteroatoms. The summed E-state index contributed by atoms with van der Waals surface area (Å²) < 4.78 is 16.8. The Bertz CT molecular complexity index is 1170. The molecule has 2 heterocycles. The summed E-state index contributed by atoms with van der Waals surface area (Å²) >= 11 is 3.34. The van der Waals surface area contributed by atoms with E-state index >= 15 is 0 Å². The molecule has 1 N–H and O–H groups in total. The fraction of sp³-hybridized carbons (Fsp3) is 0.261. The number of imidazole rings is 1. The number of rotatable bonds is 5. The highest BCUT2D eigenvalue weighted by Gasteiger charge is 2.32. The Labute approximate surface area is 188 Å². The molecule has 3 aromatic rings. The van der Waals surface area contributed by atoms with Crippen LogP contribution in [0, 0.1) is 17.1 Å². The number of fused-ring (bicyclic) bond motifs is 1. The Kier molecular flexibility index (Phi) is 6.05. The number of nitriles is 1. The van der Waals surface area contributed by atoms with Gasteiger partial charge in [-0.15, -0.1) is 0 Å². The molecule has 6 nitrogen and oxygen atoms in total. The van der Waals surface area contributed by atoms with E-state index in [0.717, 1.165) is 21.4 Å². The first kappa shape index (κ1) is 21.1. The van der Waals surface area contributed by atoms with Crippen molar-refractivity contribution in [3.8, 4) is 6.07 Å². The average Bonchev–Trinajstić information content (AvgIpc) is 3.18. The zero-order valence-corrected chi connectivity index (χ0v) is 18.6. The summed E-state index contributed by atoms with van der Waals surface area (Å²) in [4.78, 5) is 19.4. The molecule has 1 aliphatic heterocycles. The van der Waals surface area contributed by atoms with E-state index in [9.17, 15) is 14.4 Å². The molecule has 31 heavy (non-hydrogen) atoms. The maximum Gasteiger partial charge on any atom is 0.242 e. The zero-order valence-electron chi connectivity index (χ0n) is 17.0. The number of hydrogen-bond acceptors (Lipinski definition) is 4. The second kappa shape index (κ2) is 8.90. The number of carbonyl (C=O) groups excluding carboxylic acids is 1. The molecule has 0 spiro atoms. The molecule has 1 amide bonds. The Hall–Kier alpha value is -3.18. The zero-order chi connectivity index (χ0) is 22.0. The van der Waals surface area contributed by atoms with Gasteiger partial charge in [0.25, 0.3) is 0 Å². The van der Waals surface area contributed by atoms with Crippen molar-refractivity contribution in [3.05, 3.63) is 81.6 Å². The van der Waals surface area contributed by atoms with E-state index in [1.165, 1.54) is 6.07 Å². The molecule has 2 aromatic carbocycles. The Morgan fingerprint density at radius 2 is 2.19 bits per heavy atom. The van der Waals surface area contributed by atoms with Gasteiger partial charge in [0.05, 0.1) is 30.2 Å². The van der Waals surface area contributed by atoms with E-state index in [2.05, 4.69) is 32.3 Å². The van der Waals surface area contributed by atoms with Crippen LogP contribution in [-0.2, 0) is 31.4 Å². The number of carbonyl (C=O) groups is 1.